The Hall–Kier alpha value is -1.65. The summed E-state index contributed by atoms with van der Waals surface area (Å²) < 4.78 is 12.5. The van der Waals surface area contributed by atoms with Crippen LogP contribution in [-0.2, 0) is 0 Å². The van der Waals surface area contributed by atoms with Crippen LogP contribution < -0.4 is 5.84 Å². The highest BCUT2D eigenvalue weighted by Gasteiger charge is 2.00. The number of rotatable bonds is 0. The second-order valence-corrected chi connectivity index (χ2v) is 2.15. The van der Waals surface area contributed by atoms with Gasteiger partial charge in [-0.05, 0) is 12.1 Å². The summed E-state index contributed by atoms with van der Waals surface area (Å²) in [4.78, 5) is 0.921. The first-order valence-corrected chi connectivity index (χ1v) is 3.03. The molecule has 0 aliphatic carbocycles. The van der Waals surface area contributed by atoms with Gasteiger partial charge in [-0.25, -0.2) is 4.39 Å². The fourth-order valence-electron chi connectivity index (χ4n) is 0.904. The van der Waals surface area contributed by atoms with Crippen molar-refractivity contribution in [3.8, 4) is 0 Å². The van der Waals surface area contributed by atoms with E-state index in [0.717, 1.165) is 4.91 Å². The molecule has 0 unspecified atom stereocenters. The molecule has 0 atom stereocenters. The maximum absolute atomic E-state index is 12.5. The van der Waals surface area contributed by atoms with E-state index in [-0.39, 0.29) is 5.82 Å². The molecule has 2 N–H and O–H groups in total. The zero-order valence-electron chi connectivity index (χ0n) is 5.53. The van der Waals surface area contributed by atoms with Crippen LogP contribution in [0.1, 0.15) is 0 Å². The molecule has 1 aromatic heterocycles. The van der Waals surface area contributed by atoms with Crippen LogP contribution in [0, 0.1) is 5.82 Å². The van der Waals surface area contributed by atoms with Crippen molar-refractivity contribution in [2.24, 2.45) is 0 Å². The van der Waals surface area contributed by atoms with Gasteiger partial charge in [-0.2, -0.15) is 0 Å². The number of nitrogen functional groups attached to an aromatic ring is 1. The van der Waals surface area contributed by atoms with Crippen molar-refractivity contribution in [3.05, 3.63) is 24.0 Å². The molecule has 11 heavy (non-hydrogen) atoms. The number of nitrogens with zero attached hydrogens (tertiary/aromatic N) is 3. The Kier molecular flexibility index (Phi) is 1.06. The van der Waals surface area contributed by atoms with Crippen molar-refractivity contribution in [3.63, 3.8) is 0 Å². The Bertz CT molecular complexity index is 394. The first kappa shape index (κ1) is 6.09. The summed E-state index contributed by atoms with van der Waals surface area (Å²) >= 11 is 0. The summed E-state index contributed by atoms with van der Waals surface area (Å²) in [6.07, 6.45) is 0. The number of hydrogen-bond acceptors (Lipinski definition) is 3. The summed E-state index contributed by atoms with van der Waals surface area (Å²) in [7, 11) is 0. The standard InChI is InChI=1S/C6H5FN4/c7-4-1-2-5-6(3-4)10-11(8)9-5/h1-3H,8H2. The van der Waals surface area contributed by atoms with Crippen LogP contribution in [0.15, 0.2) is 18.2 Å². The number of benzene rings is 1. The topological polar surface area (TPSA) is 56.7 Å². The van der Waals surface area contributed by atoms with E-state index < -0.39 is 0 Å². The molecule has 2 aromatic rings. The molecule has 1 heterocycles. The van der Waals surface area contributed by atoms with Crippen LogP contribution in [0.3, 0.4) is 0 Å². The van der Waals surface area contributed by atoms with Crippen molar-refractivity contribution in [2.75, 3.05) is 5.84 Å². The summed E-state index contributed by atoms with van der Waals surface area (Å²) in [5.41, 5.74) is 1.06. The maximum Gasteiger partial charge on any atom is 0.125 e. The number of fused-ring (bicyclic) bond motifs is 1. The highest BCUT2D eigenvalue weighted by Crippen LogP contribution is 2.08. The molecule has 0 amide bonds. The molecule has 0 bridgehead atoms. The molecular formula is C6H5FN4. The van der Waals surface area contributed by atoms with Crippen LogP contribution in [0.25, 0.3) is 11.0 Å². The van der Waals surface area contributed by atoms with E-state index in [1.807, 2.05) is 0 Å². The van der Waals surface area contributed by atoms with Crippen LogP contribution in [-0.4, -0.2) is 15.1 Å². The molecule has 0 fully saturated rings. The second kappa shape index (κ2) is 1.91. The minimum atomic E-state index is -0.335. The van der Waals surface area contributed by atoms with Crippen molar-refractivity contribution in [1.29, 1.82) is 0 Å². The maximum atomic E-state index is 12.5. The van der Waals surface area contributed by atoms with Gasteiger partial charge in [0, 0.05) is 6.07 Å². The number of hydrogen-bond donors (Lipinski definition) is 1. The number of nitrogens with two attached hydrogens (primary N) is 1. The van der Waals surface area contributed by atoms with Crippen molar-refractivity contribution in [1.82, 2.24) is 15.1 Å². The molecule has 1 aromatic carbocycles. The zero-order valence-corrected chi connectivity index (χ0v) is 5.53. The van der Waals surface area contributed by atoms with E-state index >= 15 is 0 Å². The number of aromatic nitrogens is 3. The van der Waals surface area contributed by atoms with Gasteiger partial charge in [0.1, 0.15) is 16.9 Å². The third kappa shape index (κ3) is 0.899. The molecule has 0 aliphatic heterocycles. The van der Waals surface area contributed by atoms with E-state index in [0.29, 0.717) is 11.0 Å². The Morgan fingerprint density at radius 1 is 1.27 bits per heavy atom. The van der Waals surface area contributed by atoms with Crippen molar-refractivity contribution >= 4 is 11.0 Å². The summed E-state index contributed by atoms with van der Waals surface area (Å²) in [6, 6.07) is 4.13. The Labute approximate surface area is 61.4 Å². The molecule has 0 saturated carbocycles. The predicted molar refractivity (Wildman–Crippen MR) is 37.6 cm³/mol. The minimum Gasteiger partial charge on any atom is -0.306 e. The first-order valence-electron chi connectivity index (χ1n) is 3.03. The fourth-order valence-corrected chi connectivity index (χ4v) is 0.904. The van der Waals surface area contributed by atoms with Crippen LogP contribution >= 0.6 is 0 Å². The van der Waals surface area contributed by atoms with Gasteiger partial charge in [0.2, 0.25) is 0 Å². The largest absolute Gasteiger partial charge is 0.306 e. The second-order valence-electron chi connectivity index (χ2n) is 2.15. The van der Waals surface area contributed by atoms with Gasteiger partial charge in [-0.3, -0.25) is 0 Å². The summed E-state index contributed by atoms with van der Waals surface area (Å²) in [5.74, 6) is 4.88. The van der Waals surface area contributed by atoms with Crippen LogP contribution in [0.2, 0.25) is 0 Å². The van der Waals surface area contributed by atoms with E-state index in [2.05, 4.69) is 10.2 Å². The molecule has 0 radical (unpaired) electrons. The van der Waals surface area contributed by atoms with Gasteiger partial charge in [0.05, 0.1) is 0 Å². The normalized spacial score (nSPS) is 10.6. The lowest BCUT2D eigenvalue weighted by Gasteiger charge is -1.83. The molecule has 0 aliphatic rings. The molecule has 4 nitrogen and oxygen atoms in total. The van der Waals surface area contributed by atoms with Gasteiger partial charge in [-0.1, -0.05) is 4.91 Å². The summed E-state index contributed by atoms with van der Waals surface area (Å²) in [5, 5.41) is 7.49. The quantitative estimate of drug-likeness (QED) is 0.552. The SMILES string of the molecule is Nn1nc2ccc(F)cc2n1. The molecular weight excluding hydrogens is 147 g/mol. The van der Waals surface area contributed by atoms with Gasteiger partial charge in [0.25, 0.3) is 0 Å². The highest BCUT2D eigenvalue weighted by atomic mass is 19.1. The lowest BCUT2D eigenvalue weighted by molar-refractivity contribution is 0.629. The van der Waals surface area contributed by atoms with E-state index in [9.17, 15) is 4.39 Å². The molecule has 56 valence electrons. The lowest BCUT2D eigenvalue weighted by Crippen LogP contribution is -2.11. The average molecular weight is 152 g/mol. The Balaban J connectivity index is 2.82. The zero-order chi connectivity index (χ0) is 7.84. The van der Waals surface area contributed by atoms with Gasteiger partial charge >= 0.3 is 0 Å². The van der Waals surface area contributed by atoms with Crippen molar-refractivity contribution in [2.45, 2.75) is 0 Å². The summed E-state index contributed by atoms with van der Waals surface area (Å²) in [6.45, 7) is 0. The fraction of sp³-hybridized carbons (Fsp3) is 0. The van der Waals surface area contributed by atoms with Crippen LogP contribution in [0.4, 0.5) is 4.39 Å². The van der Waals surface area contributed by atoms with Crippen LogP contribution in [0.5, 0.6) is 0 Å². The first-order chi connectivity index (χ1) is 5.25. The monoisotopic (exact) mass is 152 g/mol. The minimum absolute atomic E-state index is 0.335. The highest BCUT2D eigenvalue weighted by molar-refractivity contribution is 5.73. The predicted octanol–water partition coefficient (Wildman–Crippen LogP) is 0.284. The molecule has 0 saturated heterocycles. The van der Waals surface area contributed by atoms with Gasteiger partial charge in [0.15, 0.2) is 0 Å². The van der Waals surface area contributed by atoms with Gasteiger partial charge < -0.3 is 5.84 Å². The average Bonchev–Trinajstić information content (AvgIpc) is 2.27. The Morgan fingerprint density at radius 2 is 2.00 bits per heavy atom. The molecule has 0 spiro atoms. The van der Waals surface area contributed by atoms with E-state index in [1.165, 1.54) is 18.2 Å². The molecule has 2 rings (SSSR count). The smallest absolute Gasteiger partial charge is 0.125 e. The lowest BCUT2D eigenvalue weighted by atomic mass is 10.3. The third-order valence-corrected chi connectivity index (χ3v) is 1.36. The van der Waals surface area contributed by atoms with E-state index in [1.54, 1.807) is 0 Å². The van der Waals surface area contributed by atoms with E-state index in [4.69, 9.17) is 5.84 Å². The molecule has 5 heteroatoms. The van der Waals surface area contributed by atoms with Gasteiger partial charge in [-0.15, -0.1) is 10.2 Å². The number of halogens is 1. The third-order valence-electron chi connectivity index (χ3n) is 1.36. The van der Waals surface area contributed by atoms with Crippen molar-refractivity contribution < 1.29 is 4.39 Å². The Morgan fingerprint density at radius 3 is 2.82 bits per heavy atom.